The molecule has 2 fully saturated rings. The second kappa shape index (κ2) is 4.09. The first kappa shape index (κ1) is 10.5. The van der Waals surface area contributed by atoms with E-state index in [2.05, 4.69) is 5.32 Å². The Hall–Kier alpha value is 0.430. The molecule has 1 heterocycles. The van der Waals surface area contributed by atoms with E-state index in [4.69, 9.17) is 0 Å². The van der Waals surface area contributed by atoms with Crippen LogP contribution in [0, 0.1) is 11.8 Å². The summed E-state index contributed by atoms with van der Waals surface area (Å²) in [5, 5.41) is 13.6. The third kappa shape index (κ3) is 1.69. The molecule has 1 saturated carbocycles. The third-order valence-corrected chi connectivity index (χ3v) is 3.00. The van der Waals surface area contributed by atoms with Crippen LogP contribution in [0.3, 0.4) is 0 Å². The molecule has 12 heavy (non-hydrogen) atoms. The van der Waals surface area contributed by atoms with Crippen LogP contribution in [0.25, 0.3) is 0 Å². The summed E-state index contributed by atoms with van der Waals surface area (Å²) < 4.78 is 0. The Balaban J connectivity index is 0.000000720. The van der Waals surface area contributed by atoms with Gasteiger partial charge >= 0.3 is 29.6 Å². The number of aliphatic carboxylic acids is 1. The zero-order chi connectivity index (χ0) is 7.84. The minimum absolute atomic E-state index is 0. The number of nitrogens with one attached hydrogen (secondary N) is 1. The van der Waals surface area contributed by atoms with Crippen molar-refractivity contribution >= 4 is 5.97 Å². The number of carbonyl (C=O) groups excluding carboxylic acids is 1. The van der Waals surface area contributed by atoms with E-state index in [1.807, 2.05) is 0 Å². The number of carboxylic acid groups (broad SMARTS) is 1. The fourth-order valence-electron chi connectivity index (χ4n) is 2.45. The van der Waals surface area contributed by atoms with Gasteiger partial charge in [0.25, 0.3) is 0 Å². The predicted molar refractivity (Wildman–Crippen MR) is 37.6 cm³/mol. The molecule has 1 aliphatic carbocycles. The summed E-state index contributed by atoms with van der Waals surface area (Å²) in [5.74, 6) is 0.0531. The average Bonchev–Trinajstić information content (AvgIpc) is 2.41. The van der Waals surface area contributed by atoms with Crippen LogP contribution >= 0.6 is 0 Å². The molecule has 0 aromatic rings. The zero-order valence-electron chi connectivity index (χ0n) is 7.38. The zero-order valence-corrected chi connectivity index (χ0v) is 9.38. The van der Waals surface area contributed by atoms with Crippen LogP contribution in [0.5, 0.6) is 0 Å². The van der Waals surface area contributed by atoms with Crippen molar-refractivity contribution in [3.05, 3.63) is 0 Å². The van der Waals surface area contributed by atoms with Crippen LogP contribution in [-0.2, 0) is 4.79 Å². The van der Waals surface area contributed by atoms with Gasteiger partial charge in [-0.05, 0) is 31.2 Å². The minimum atomic E-state index is -0.917. The van der Waals surface area contributed by atoms with Crippen molar-refractivity contribution in [3.63, 3.8) is 0 Å². The van der Waals surface area contributed by atoms with E-state index < -0.39 is 5.97 Å². The predicted octanol–water partition coefficient (Wildman–Crippen LogP) is -3.87. The molecule has 0 aromatic heterocycles. The average molecular weight is 177 g/mol. The monoisotopic (exact) mass is 177 g/mol. The van der Waals surface area contributed by atoms with Gasteiger partial charge in [0.1, 0.15) is 0 Å². The summed E-state index contributed by atoms with van der Waals surface area (Å²) in [4.78, 5) is 10.6. The molecule has 3 nitrogen and oxygen atoms in total. The van der Waals surface area contributed by atoms with Gasteiger partial charge < -0.3 is 15.2 Å². The Morgan fingerprint density at radius 1 is 1.42 bits per heavy atom. The molecule has 0 aromatic carbocycles. The summed E-state index contributed by atoms with van der Waals surface area (Å²) in [6, 6.07) is -0.359. The van der Waals surface area contributed by atoms with Gasteiger partial charge in [-0.15, -0.1) is 0 Å². The molecule has 2 rings (SSSR count). The molecule has 3 atom stereocenters. The summed E-state index contributed by atoms with van der Waals surface area (Å²) in [7, 11) is 0. The molecule has 0 spiro atoms. The van der Waals surface area contributed by atoms with E-state index >= 15 is 0 Å². The van der Waals surface area contributed by atoms with Gasteiger partial charge in [-0.1, -0.05) is 6.42 Å². The molecule has 62 valence electrons. The second-order valence-corrected chi connectivity index (χ2v) is 3.56. The van der Waals surface area contributed by atoms with Gasteiger partial charge in [0.15, 0.2) is 0 Å². The summed E-state index contributed by atoms with van der Waals surface area (Å²) in [6.45, 7) is 0.878. The smallest absolute Gasteiger partial charge is 0.548 e. The van der Waals surface area contributed by atoms with Crippen molar-refractivity contribution in [3.8, 4) is 0 Å². The maximum absolute atomic E-state index is 10.6. The van der Waals surface area contributed by atoms with Gasteiger partial charge in [-0.25, -0.2) is 0 Å². The molecule has 1 aliphatic heterocycles. The van der Waals surface area contributed by atoms with Crippen LogP contribution in [-0.4, -0.2) is 18.6 Å². The molecule has 4 heteroatoms. The van der Waals surface area contributed by atoms with E-state index in [9.17, 15) is 9.90 Å². The molecule has 0 amide bonds. The number of rotatable bonds is 1. The van der Waals surface area contributed by atoms with Crippen LogP contribution < -0.4 is 40.0 Å². The maximum Gasteiger partial charge on any atom is 1.00 e. The number of carbonyl (C=O) groups is 1. The number of hydrogen-bond donors (Lipinski definition) is 1. The fourth-order valence-corrected chi connectivity index (χ4v) is 2.45. The third-order valence-electron chi connectivity index (χ3n) is 3.00. The van der Waals surface area contributed by atoms with Gasteiger partial charge in [-0.3, -0.25) is 0 Å². The Morgan fingerprint density at radius 3 is 2.83 bits per heavy atom. The molecule has 2 aliphatic rings. The molecule has 0 radical (unpaired) electrons. The number of fused-ring (bicyclic) bond motifs is 1. The number of hydrogen-bond acceptors (Lipinski definition) is 3. The summed E-state index contributed by atoms with van der Waals surface area (Å²) >= 11 is 0. The van der Waals surface area contributed by atoms with E-state index in [1.165, 1.54) is 12.8 Å². The molecule has 0 unspecified atom stereocenters. The van der Waals surface area contributed by atoms with E-state index in [-0.39, 0.29) is 35.6 Å². The Morgan fingerprint density at radius 2 is 2.17 bits per heavy atom. The van der Waals surface area contributed by atoms with Gasteiger partial charge in [0.05, 0.1) is 5.97 Å². The SMILES string of the molecule is O=C([O-])[C@H]1NC[C@@H]2CCC[C@@H]21.[Na+]. The molecular formula is C8H12NNaO2. The van der Waals surface area contributed by atoms with E-state index in [0.29, 0.717) is 11.8 Å². The van der Waals surface area contributed by atoms with Crippen LogP contribution in [0.4, 0.5) is 0 Å². The van der Waals surface area contributed by atoms with Crippen molar-refractivity contribution in [1.29, 1.82) is 0 Å². The van der Waals surface area contributed by atoms with E-state index in [1.54, 1.807) is 0 Å². The maximum atomic E-state index is 10.6. The second-order valence-electron chi connectivity index (χ2n) is 3.56. The van der Waals surface area contributed by atoms with Crippen molar-refractivity contribution in [2.24, 2.45) is 11.8 Å². The minimum Gasteiger partial charge on any atom is -0.548 e. The fraction of sp³-hybridized carbons (Fsp3) is 0.875. The molecule has 1 N–H and O–H groups in total. The number of carboxylic acids is 1. The van der Waals surface area contributed by atoms with Crippen LogP contribution in [0.1, 0.15) is 19.3 Å². The standard InChI is InChI=1S/C8H13NO2.Na/c10-8(11)7-6-3-1-2-5(6)4-9-7;/h5-7,9H,1-4H2,(H,10,11);/q;+1/p-1/t5-,6-,7-;/m0./s1. The first-order valence-corrected chi connectivity index (χ1v) is 4.23. The van der Waals surface area contributed by atoms with Crippen molar-refractivity contribution < 1.29 is 39.5 Å². The first-order chi connectivity index (χ1) is 5.29. The largest absolute Gasteiger partial charge is 1.00 e. The van der Waals surface area contributed by atoms with Crippen LogP contribution in [0.15, 0.2) is 0 Å². The molecule has 1 saturated heterocycles. The first-order valence-electron chi connectivity index (χ1n) is 4.23. The van der Waals surface area contributed by atoms with Crippen molar-refractivity contribution in [1.82, 2.24) is 5.32 Å². The van der Waals surface area contributed by atoms with Crippen molar-refractivity contribution in [2.75, 3.05) is 6.54 Å². The summed E-state index contributed by atoms with van der Waals surface area (Å²) in [5.41, 5.74) is 0. The van der Waals surface area contributed by atoms with E-state index in [0.717, 1.165) is 13.0 Å². The molecular weight excluding hydrogens is 165 g/mol. The quantitative estimate of drug-likeness (QED) is 0.417. The molecule has 0 bridgehead atoms. The van der Waals surface area contributed by atoms with Crippen molar-refractivity contribution in [2.45, 2.75) is 25.3 Å². The van der Waals surface area contributed by atoms with Gasteiger partial charge in [0, 0.05) is 6.04 Å². The normalized spacial score (nSPS) is 38.8. The van der Waals surface area contributed by atoms with Crippen LogP contribution in [0.2, 0.25) is 0 Å². The summed E-state index contributed by atoms with van der Waals surface area (Å²) in [6.07, 6.45) is 3.46. The Bertz CT molecular complexity index is 186. The van der Waals surface area contributed by atoms with Gasteiger partial charge in [-0.2, -0.15) is 0 Å². The topological polar surface area (TPSA) is 52.2 Å². The Kier molecular flexibility index (Phi) is 3.58. The van der Waals surface area contributed by atoms with Gasteiger partial charge in [0.2, 0.25) is 0 Å². The Labute approximate surface area is 94.2 Å².